The third kappa shape index (κ3) is 3.39. The summed E-state index contributed by atoms with van der Waals surface area (Å²) in [4.78, 5) is 27.5. The number of para-hydroxylation sites is 1. The summed E-state index contributed by atoms with van der Waals surface area (Å²) in [5.74, 6) is 0.342. The summed E-state index contributed by atoms with van der Waals surface area (Å²) in [6, 6.07) is 13.7. The van der Waals surface area contributed by atoms with Gasteiger partial charge in [-0.3, -0.25) is 9.78 Å². The first-order chi connectivity index (χ1) is 12.8. The van der Waals surface area contributed by atoms with E-state index >= 15 is 0 Å². The van der Waals surface area contributed by atoms with E-state index in [0.717, 1.165) is 30.6 Å². The molecular formula is C20H19N5O. The van der Waals surface area contributed by atoms with Crippen LogP contribution in [0.4, 0.5) is 11.6 Å². The van der Waals surface area contributed by atoms with E-state index in [0.29, 0.717) is 18.2 Å². The Balaban J connectivity index is 1.53. The van der Waals surface area contributed by atoms with Crippen molar-refractivity contribution in [1.29, 1.82) is 0 Å². The van der Waals surface area contributed by atoms with Crippen molar-refractivity contribution >= 4 is 17.5 Å². The lowest BCUT2D eigenvalue weighted by Crippen LogP contribution is -2.28. The molecule has 0 bridgehead atoms. The number of nitrogens with zero attached hydrogens (tertiary/aromatic N) is 4. The number of hydrogen-bond acceptors (Lipinski definition) is 5. The molecule has 0 spiro atoms. The minimum Gasteiger partial charge on any atom is -0.347 e. The zero-order valence-electron chi connectivity index (χ0n) is 14.3. The second-order valence-corrected chi connectivity index (χ2v) is 6.17. The second kappa shape index (κ2) is 7.31. The Labute approximate surface area is 151 Å². The number of hydrogen-bond donors (Lipinski definition) is 1. The van der Waals surface area contributed by atoms with Crippen LogP contribution < -0.4 is 10.2 Å². The molecule has 26 heavy (non-hydrogen) atoms. The molecule has 6 nitrogen and oxygen atoms in total. The van der Waals surface area contributed by atoms with Gasteiger partial charge in [0.05, 0.1) is 0 Å². The molecule has 4 rings (SSSR count). The first-order valence-electron chi connectivity index (χ1n) is 8.67. The van der Waals surface area contributed by atoms with Gasteiger partial charge in [0.15, 0.2) is 0 Å². The van der Waals surface area contributed by atoms with E-state index in [1.807, 2.05) is 24.3 Å². The van der Waals surface area contributed by atoms with E-state index in [9.17, 15) is 4.79 Å². The summed E-state index contributed by atoms with van der Waals surface area (Å²) in [6.07, 6.45) is 7.17. The van der Waals surface area contributed by atoms with Crippen LogP contribution in [0.1, 0.15) is 28.0 Å². The third-order valence-corrected chi connectivity index (χ3v) is 4.40. The van der Waals surface area contributed by atoms with Gasteiger partial charge in [0.2, 0.25) is 5.95 Å². The van der Waals surface area contributed by atoms with Crippen LogP contribution in [-0.2, 0) is 13.0 Å². The molecule has 0 saturated heterocycles. The van der Waals surface area contributed by atoms with Crippen LogP contribution in [-0.4, -0.2) is 27.4 Å². The maximum Gasteiger partial charge on any atom is 0.270 e. The number of pyridine rings is 1. The molecule has 0 saturated carbocycles. The molecule has 3 aromatic rings. The highest BCUT2D eigenvalue weighted by molar-refractivity contribution is 5.92. The SMILES string of the molecule is O=C(NCc1cccnc1)c1ccnc(N2CCCc3ccccc32)n1. The van der Waals surface area contributed by atoms with Gasteiger partial charge in [-0.1, -0.05) is 24.3 Å². The fourth-order valence-electron chi connectivity index (χ4n) is 3.12. The van der Waals surface area contributed by atoms with Crippen molar-refractivity contribution in [2.75, 3.05) is 11.4 Å². The zero-order chi connectivity index (χ0) is 17.8. The van der Waals surface area contributed by atoms with Gasteiger partial charge >= 0.3 is 0 Å². The lowest BCUT2D eigenvalue weighted by molar-refractivity contribution is 0.0946. The smallest absolute Gasteiger partial charge is 0.270 e. The molecule has 1 N–H and O–H groups in total. The second-order valence-electron chi connectivity index (χ2n) is 6.17. The number of benzene rings is 1. The number of rotatable bonds is 4. The first kappa shape index (κ1) is 16.2. The summed E-state index contributed by atoms with van der Waals surface area (Å²) >= 11 is 0. The molecule has 1 amide bonds. The summed E-state index contributed by atoms with van der Waals surface area (Å²) in [7, 11) is 0. The molecule has 0 atom stereocenters. The summed E-state index contributed by atoms with van der Waals surface area (Å²) in [5.41, 5.74) is 3.71. The first-order valence-corrected chi connectivity index (χ1v) is 8.67. The zero-order valence-corrected chi connectivity index (χ0v) is 14.3. The molecule has 0 aliphatic carbocycles. The topological polar surface area (TPSA) is 71.0 Å². The molecule has 0 unspecified atom stereocenters. The van der Waals surface area contributed by atoms with Gasteiger partial charge in [-0.15, -0.1) is 0 Å². The summed E-state index contributed by atoms with van der Waals surface area (Å²) in [6.45, 7) is 1.26. The summed E-state index contributed by atoms with van der Waals surface area (Å²) < 4.78 is 0. The van der Waals surface area contributed by atoms with Gasteiger partial charge in [0.1, 0.15) is 5.69 Å². The Morgan fingerprint density at radius 2 is 2.04 bits per heavy atom. The van der Waals surface area contributed by atoms with Crippen LogP contribution in [0.2, 0.25) is 0 Å². The van der Waals surface area contributed by atoms with E-state index in [1.165, 1.54) is 5.56 Å². The molecule has 3 heterocycles. The largest absolute Gasteiger partial charge is 0.347 e. The highest BCUT2D eigenvalue weighted by atomic mass is 16.1. The van der Waals surface area contributed by atoms with Crippen LogP contribution >= 0.6 is 0 Å². The van der Waals surface area contributed by atoms with Crippen molar-refractivity contribution in [2.45, 2.75) is 19.4 Å². The van der Waals surface area contributed by atoms with E-state index in [2.05, 4.69) is 37.3 Å². The molecule has 0 radical (unpaired) electrons. The van der Waals surface area contributed by atoms with E-state index in [4.69, 9.17) is 0 Å². The predicted molar refractivity (Wildman–Crippen MR) is 99.2 cm³/mol. The minimum atomic E-state index is -0.220. The Morgan fingerprint density at radius 1 is 1.12 bits per heavy atom. The van der Waals surface area contributed by atoms with Crippen LogP contribution in [0, 0.1) is 0 Å². The molecule has 1 aromatic carbocycles. The van der Waals surface area contributed by atoms with E-state index in [-0.39, 0.29) is 5.91 Å². The molecular weight excluding hydrogens is 326 g/mol. The Bertz CT molecular complexity index is 913. The molecule has 0 fully saturated rings. The fourth-order valence-corrected chi connectivity index (χ4v) is 3.12. The average Bonchev–Trinajstić information content (AvgIpc) is 2.72. The number of aryl methyl sites for hydroxylation is 1. The van der Waals surface area contributed by atoms with Gasteiger partial charge in [0, 0.05) is 37.4 Å². The molecule has 1 aliphatic heterocycles. The van der Waals surface area contributed by atoms with Crippen LogP contribution in [0.25, 0.3) is 0 Å². The van der Waals surface area contributed by atoms with Gasteiger partial charge in [-0.25, -0.2) is 9.97 Å². The normalized spacial score (nSPS) is 13.2. The number of carbonyl (C=O) groups excluding carboxylic acids is 1. The molecule has 6 heteroatoms. The number of anilines is 2. The Hall–Kier alpha value is -3.28. The van der Waals surface area contributed by atoms with E-state index in [1.54, 1.807) is 24.7 Å². The lowest BCUT2D eigenvalue weighted by atomic mass is 10.0. The fraction of sp³-hybridized carbons (Fsp3) is 0.200. The van der Waals surface area contributed by atoms with Crippen LogP contribution in [0.3, 0.4) is 0 Å². The Morgan fingerprint density at radius 3 is 2.92 bits per heavy atom. The quantitative estimate of drug-likeness (QED) is 0.787. The number of nitrogens with one attached hydrogen (secondary N) is 1. The van der Waals surface area contributed by atoms with Crippen LogP contribution in [0.15, 0.2) is 61.1 Å². The van der Waals surface area contributed by atoms with E-state index < -0.39 is 0 Å². The highest BCUT2D eigenvalue weighted by Gasteiger charge is 2.20. The van der Waals surface area contributed by atoms with Crippen molar-refractivity contribution in [1.82, 2.24) is 20.3 Å². The molecule has 2 aromatic heterocycles. The Kier molecular flexibility index (Phi) is 4.55. The van der Waals surface area contributed by atoms with Crippen molar-refractivity contribution in [3.8, 4) is 0 Å². The monoisotopic (exact) mass is 345 g/mol. The maximum atomic E-state index is 12.5. The van der Waals surface area contributed by atoms with Gasteiger partial charge in [-0.05, 0) is 42.2 Å². The summed E-state index contributed by atoms with van der Waals surface area (Å²) in [5, 5.41) is 2.88. The van der Waals surface area contributed by atoms with Crippen molar-refractivity contribution in [3.63, 3.8) is 0 Å². The number of amides is 1. The maximum absolute atomic E-state index is 12.5. The molecule has 1 aliphatic rings. The van der Waals surface area contributed by atoms with Crippen LogP contribution in [0.5, 0.6) is 0 Å². The van der Waals surface area contributed by atoms with Gasteiger partial charge < -0.3 is 10.2 Å². The number of fused-ring (bicyclic) bond motifs is 1. The standard InChI is InChI=1S/C20H19N5O/c26-19(23-14-15-5-3-10-21-13-15)17-9-11-22-20(24-17)25-12-4-7-16-6-1-2-8-18(16)25/h1-3,5-6,8-11,13H,4,7,12,14H2,(H,23,26). The predicted octanol–water partition coefficient (Wildman–Crippen LogP) is 2.89. The van der Waals surface area contributed by atoms with Crippen molar-refractivity contribution in [2.24, 2.45) is 0 Å². The number of carbonyl (C=O) groups is 1. The van der Waals surface area contributed by atoms with Crippen molar-refractivity contribution in [3.05, 3.63) is 77.9 Å². The van der Waals surface area contributed by atoms with Gasteiger partial charge in [-0.2, -0.15) is 0 Å². The van der Waals surface area contributed by atoms with Gasteiger partial charge in [0.25, 0.3) is 5.91 Å². The highest BCUT2D eigenvalue weighted by Crippen LogP contribution is 2.31. The number of aromatic nitrogens is 3. The third-order valence-electron chi connectivity index (χ3n) is 4.40. The minimum absolute atomic E-state index is 0.220. The average molecular weight is 345 g/mol. The van der Waals surface area contributed by atoms with Crippen molar-refractivity contribution < 1.29 is 4.79 Å². The molecule has 130 valence electrons. The lowest BCUT2D eigenvalue weighted by Gasteiger charge is -2.29.